The molecule has 36 heavy (non-hydrogen) atoms. The van der Waals surface area contributed by atoms with Gasteiger partial charge in [0.05, 0.1) is 6.61 Å². The van der Waals surface area contributed by atoms with Crippen LogP contribution >= 0.6 is 0 Å². The van der Waals surface area contributed by atoms with Gasteiger partial charge in [0.2, 0.25) is 12.1 Å². The highest BCUT2D eigenvalue weighted by atomic mass is 16.7. The number of hydrogen-bond donors (Lipinski definition) is 1. The van der Waals surface area contributed by atoms with Gasteiger partial charge in [-0.3, -0.25) is 4.90 Å². The van der Waals surface area contributed by atoms with Crippen molar-refractivity contribution < 1.29 is 38.1 Å². The van der Waals surface area contributed by atoms with Gasteiger partial charge in [0, 0.05) is 19.5 Å². The summed E-state index contributed by atoms with van der Waals surface area (Å²) in [5, 5.41) is 9.18. The van der Waals surface area contributed by atoms with Crippen molar-refractivity contribution in [2.45, 2.75) is 116 Å². The minimum Gasteiger partial charge on any atom is -0.480 e. The quantitative estimate of drug-likeness (QED) is 0.135. The number of furan rings is 1. The van der Waals surface area contributed by atoms with E-state index >= 15 is 0 Å². The maximum atomic E-state index is 12.3. The van der Waals surface area contributed by atoms with Crippen LogP contribution in [0.3, 0.4) is 0 Å². The van der Waals surface area contributed by atoms with Crippen molar-refractivity contribution in [3.05, 3.63) is 17.9 Å². The summed E-state index contributed by atoms with van der Waals surface area (Å²) in [7, 11) is 0. The molecular weight excluding hydrogens is 466 g/mol. The summed E-state index contributed by atoms with van der Waals surface area (Å²) in [5.41, 5.74) is 0. The Kier molecular flexibility index (Phi) is 13.8. The molecule has 0 radical (unpaired) electrons. The number of carbonyl (C=O) groups is 3. The van der Waals surface area contributed by atoms with Crippen LogP contribution in [0.5, 0.6) is 5.95 Å². The van der Waals surface area contributed by atoms with Crippen molar-refractivity contribution >= 4 is 18.0 Å². The summed E-state index contributed by atoms with van der Waals surface area (Å²) >= 11 is 0. The number of carboxylic acid groups (broad SMARTS) is 1. The number of amides is 1. The third kappa shape index (κ3) is 10.9. The van der Waals surface area contributed by atoms with Crippen LogP contribution < -0.4 is 4.74 Å². The molecule has 1 N–H and O–H groups in total. The van der Waals surface area contributed by atoms with Crippen LogP contribution in [-0.4, -0.2) is 53.5 Å². The van der Waals surface area contributed by atoms with E-state index in [0.717, 1.165) is 17.7 Å². The van der Waals surface area contributed by atoms with Gasteiger partial charge in [0.15, 0.2) is 0 Å². The lowest BCUT2D eigenvalue weighted by molar-refractivity contribution is -0.142. The van der Waals surface area contributed by atoms with Gasteiger partial charge in [0.1, 0.15) is 6.04 Å². The monoisotopic (exact) mass is 509 g/mol. The van der Waals surface area contributed by atoms with Gasteiger partial charge >= 0.3 is 18.0 Å². The second kappa shape index (κ2) is 16.9. The van der Waals surface area contributed by atoms with E-state index in [1.807, 2.05) is 0 Å². The van der Waals surface area contributed by atoms with Gasteiger partial charge < -0.3 is 23.7 Å². The van der Waals surface area contributed by atoms with Gasteiger partial charge in [0.25, 0.3) is 5.95 Å². The smallest absolute Gasteiger partial charge is 0.413 e. The molecule has 1 aromatic rings. The zero-order chi connectivity index (χ0) is 26.2. The molecule has 1 aliphatic heterocycles. The van der Waals surface area contributed by atoms with Gasteiger partial charge in [-0.25, -0.2) is 14.4 Å². The fourth-order valence-electron chi connectivity index (χ4n) is 4.31. The van der Waals surface area contributed by atoms with E-state index < -0.39 is 30.4 Å². The predicted molar refractivity (Wildman–Crippen MR) is 134 cm³/mol. The SMILES string of the molecule is CCCCCCCCCCCCCCOc1ccc(C(=O)OC(C)OC(=O)N2CCCC2C(=O)O)o1. The number of hydrogen-bond acceptors (Lipinski definition) is 7. The Balaban J connectivity index is 1.54. The molecular formula is C27H43NO8. The minimum absolute atomic E-state index is 0.0628. The maximum Gasteiger partial charge on any atom is 0.413 e. The lowest BCUT2D eigenvalue weighted by Crippen LogP contribution is -2.42. The van der Waals surface area contributed by atoms with Crippen molar-refractivity contribution in [3.63, 3.8) is 0 Å². The topological polar surface area (TPSA) is 116 Å². The lowest BCUT2D eigenvalue weighted by Gasteiger charge is -2.22. The number of likely N-dealkylation sites (tertiary alicyclic amines) is 1. The molecule has 0 saturated carbocycles. The van der Waals surface area contributed by atoms with E-state index in [1.54, 1.807) is 6.07 Å². The highest BCUT2D eigenvalue weighted by Crippen LogP contribution is 2.21. The summed E-state index contributed by atoms with van der Waals surface area (Å²) in [6, 6.07) is 2.07. The van der Waals surface area contributed by atoms with Crippen molar-refractivity contribution in [1.82, 2.24) is 4.90 Å². The Labute approximate surface area is 214 Å². The first-order chi connectivity index (χ1) is 17.4. The van der Waals surface area contributed by atoms with Crippen molar-refractivity contribution in [3.8, 4) is 5.95 Å². The summed E-state index contributed by atoms with van der Waals surface area (Å²) in [6.07, 6.45) is 14.1. The molecule has 1 fully saturated rings. The van der Waals surface area contributed by atoms with E-state index in [0.29, 0.717) is 19.4 Å². The van der Waals surface area contributed by atoms with Crippen molar-refractivity contribution in [2.24, 2.45) is 0 Å². The number of carboxylic acids is 1. The second-order valence-electron chi connectivity index (χ2n) is 9.40. The number of ether oxygens (including phenoxy) is 3. The number of nitrogens with zero attached hydrogens (tertiary/aromatic N) is 1. The van der Waals surface area contributed by atoms with Gasteiger partial charge in [-0.2, -0.15) is 0 Å². The first-order valence-electron chi connectivity index (χ1n) is 13.6. The zero-order valence-electron chi connectivity index (χ0n) is 21.9. The van der Waals surface area contributed by atoms with Crippen LogP contribution in [0.15, 0.2) is 16.5 Å². The molecule has 9 nitrogen and oxygen atoms in total. The van der Waals surface area contributed by atoms with E-state index in [9.17, 15) is 19.5 Å². The highest BCUT2D eigenvalue weighted by Gasteiger charge is 2.36. The zero-order valence-corrected chi connectivity index (χ0v) is 21.9. The van der Waals surface area contributed by atoms with E-state index in [4.69, 9.17) is 18.6 Å². The predicted octanol–water partition coefficient (Wildman–Crippen LogP) is 6.55. The molecule has 1 aliphatic rings. The molecule has 1 amide bonds. The first kappa shape index (κ1) is 29.5. The largest absolute Gasteiger partial charge is 0.480 e. The molecule has 0 spiro atoms. The summed E-state index contributed by atoms with van der Waals surface area (Å²) in [4.78, 5) is 36.8. The average Bonchev–Trinajstić information content (AvgIpc) is 3.52. The minimum atomic E-state index is -1.20. The molecule has 0 aliphatic carbocycles. The molecule has 2 rings (SSSR count). The third-order valence-electron chi connectivity index (χ3n) is 6.34. The Bertz CT molecular complexity index is 792. The number of carbonyl (C=O) groups excluding carboxylic acids is 2. The fourth-order valence-corrected chi connectivity index (χ4v) is 4.31. The van der Waals surface area contributed by atoms with Crippen LogP contribution in [-0.2, 0) is 14.3 Å². The Morgan fingerprint density at radius 1 is 0.972 bits per heavy atom. The van der Waals surface area contributed by atoms with Gasteiger partial charge in [-0.05, 0) is 25.3 Å². The van der Waals surface area contributed by atoms with Gasteiger partial charge in [-0.1, -0.05) is 77.6 Å². The standard InChI is InChI=1S/C27H43NO8/c1-3-4-5-6-7-8-9-10-11-12-13-14-20-33-24-18-17-23(36-24)26(31)34-21(2)35-27(32)28-19-15-16-22(28)25(29)30/h17-18,21-22H,3-16,19-20H2,1-2H3,(H,29,30). The first-order valence-corrected chi connectivity index (χ1v) is 13.6. The third-order valence-corrected chi connectivity index (χ3v) is 6.34. The molecule has 2 atom stereocenters. The normalized spacial score (nSPS) is 16.1. The van der Waals surface area contributed by atoms with E-state index in [2.05, 4.69) is 6.92 Å². The van der Waals surface area contributed by atoms with E-state index in [-0.39, 0.29) is 18.3 Å². The fraction of sp³-hybridized carbons (Fsp3) is 0.741. The summed E-state index contributed by atoms with van der Waals surface area (Å²) in [6.45, 7) is 4.42. The van der Waals surface area contributed by atoms with Crippen LogP contribution in [0, 0.1) is 0 Å². The van der Waals surface area contributed by atoms with Crippen LogP contribution in [0.1, 0.15) is 114 Å². The molecule has 2 heterocycles. The molecule has 1 aromatic heterocycles. The van der Waals surface area contributed by atoms with E-state index in [1.165, 1.54) is 77.2 Å². The highest BCUT2D eigenvalue weighted by molar-refractivity contribution is 5.86. The maximum absolute atomic E-state index is 12.3. The molecule has 2 unspecified atom stereocenters. The Hall–Kier alpha value is -2.71. The molecule has 204 valence electrons. The number of esters is 1. The summed E-state index contributed by atoms with van der Waals surface area (Å²) in [5.74, 6) is -1.71. The summed E-state index contributed by atoms with van der Waals surface area (Å²) < 4.78 is 21.1. The van der Waals surface area contributed by atoms with Gasteiger partial charge in [-0.15, -0.1) is 0 Å². The molecule has 1 saturated heterocycles. The number of aliphatic carboxylic acids is 1. The van der Waals surface area contributed by atoms with Crippen molar-refractivity contribution in [1.29, 1.82) is 0 Å². The van der Waals surface area contributed by atoms with Crippen LogP contribution in [0.2, 0.25) is 0 Å². The lowest BCUT2D eigenvalue weighted by atomic mass is 10.1. The number of rotatable bonds is 18. The van der Waals surface area contributed by atoms with Crippen molar-refractivity contribution in [2.75, 3.05) is 13.2 Å². The second-order valence-corrected chi connectivity index (χ2v) is 9.40. The number of unbranched alkanes of at least 4 members (excludes halogenated alkanes) is 11. The average molecular weight is 510 g/mol. The molecule has 0 bridgehead atoms. The van der Waals surface area contributed by atoms with Crippen LogP contribution in [0.4, 0.5) is 4.79 Å². The molecule has 9 heteroatoms. The van der Waals surface area contributed by atoms with Crippen LogP contribution in [0.25, 0.3) is 0 Å². The molecule has 0 aromatic carbocycles. The Morgan fingerprint density at radius 2 is 1.58 bits per heavy atom. The Morgan fingerprint density at radius 3 is 2.19 bits per heavy atom.